The van der Waals surface area contributed by atoms with Crippen molar-refractivity contribution in [2.45, 2.75) is 212 Å². The third-order valence-corrected chi connectivity index (χ3v) is 17.6. The van der Waals surface area contributed by atoms with Gasteiger partial charge in [-0.3, -0.25) is 10.6 Å². The van der Waals surface area contributed by atoms with Crippen molar-refractivity contribution in [2.75, 3.05) is 54.3 Å². The first-order chi connectivity index (χ1) is 33.1. The molecule has 71 heavy (non-hydrogen) atoms. The molecule has 3 heterocycles. The van der Waals surface area contributed by atoms with Gasteiger partial charge in [0.15, 0.2) is 6.29 Å². The van der Waals surface area contributed by atoms with E-state index in [-0.39, 0.29) is 36.4 Å². The lowest BCUT2D eigenvalue weighted by Crippen LogP contribution is -2.64. The minimum absolute atomic E-state index is 0.0300. The Balaban J connectivity index is 1.66. The molecule has 3 aliphatic rings. The lowest BCUT2D eigenvalue weighted by Gasteiger charge is -2.51. The molecule has 7 N–H and O–H groups in total. The second-order valence-corrected chi connectivity index (χ2v) is 24.1. The number of carbonyl (C=O) groups is 1. The fourth-order valence-corrected chi connectivity index (χ4v) is 12.7. The van der Waals surface area contributed by atoms with Gasteiger partial charge in [0, 0.05) is 80.7 Å². The summed E-state index contributed by atoms with van der Waals surface area (Å²) in [5.74, 6) is 2.82. The number of alkyl halides is 1. The van der Waals surface area contributed by atoms with E-state index < -0.39 is 96.0 Å². The number of aliphatic hydroxyl groups is 3. The van der Waals surface area contributed by atoms with Gasteiger partial charge < -0.3 is 54.1 Å². The van der Waals surface area contributed by atoms with Crippen LogP contribution in [0, 0.1) is 29.1 Å². The maximum atomic E-state index is 14.8. The van der Waals surface area contributed by atoms with E-state index in [4.69, 9.17) is 23.7 Å². The van der Waals surface area contributed by atoms with Crippen molar-refractivity contribution in [1.29, 1.82) is 0 Å². The van der Waals surface area contributed by atoms with Gasteiger partial charge in [0.1, 0.15) is 18.9 Å². The maximum Gasteiger partial charge on any atom is 0.309 e. The van der Waals surface area contributed by atoms with Gasteiger partial charge >= 0.3 is 5.97 Å². The summed E-state index contributed by atoms with van der Waals surface area (Å²) >= 11 is 1.78. The Kier molecular flexibility index (Phi) is 23.0. The number of nitrogens with one attached hydrogen (secondary N) is 1. The van der Waals surface area contributed by atoms with Crippen molar-refractivity contribution < 1.29 is 54.0 Å². The van der Waals surface area contributed by atoms with Gasteiger partial charge in [-0.05, 0) is 97.2 Å². The molecule has 0 aromatic heterocycles. The number of carbonyl (C=O) groups excluding carboxylic acids is 1. The van der Waals surface area contributed by atoms with Crippen molar-refractivity contribution in [3.8, 4) is 0 Å². The van der Waals surface area contributed by atoms with E-state index in [1.165, 1.54) is 5.56 Å². The van der Waals surface area contributed by atoms with Gasteiger partial charge in [0.25, 0.3) is 0 Å². The van der Waals surface area contributed by atoms with Crippen LogP contribution in [0.25, 0.3) is 0 Å². The van der Waals surface area contributed by atoms with E-state index in [2.05, 4.69) is 79.3 Å². The number of benzene rings is 1. The second kappa shape index (κ2) is 26.6. The number of thioether (sulfide) groups is 1. The summed E-state index contributed by atoms with van der Waals surface area (Å²) in [6, 6.07) is 7.83. The molecule has 0 radical (unpaired) electrons. The van der Waals surface area contributed by atoms with Gasteiger partial charge in [-0.25, -0.2) is 9.40 Å². The number of methoxy groups -OCH3 is 1. The van der Waals surface area contributed by atoms with Crippen LogP contribution in [0.2, 0.25) is 0 Å². The van der Waals surface area contributed by atoms with Gasteiger partial charge in [-0.2, -0.15) is 11.8 Å². The summed E-state index contributed by atoms with van der Waals surface area (Å²) in [7, 11) is 7.59. The van der Waals surface area contributed by atoms with Gasteiger partial charge in [0.05, 0.1) is 66.4 Å². The minimum atomic E-state index is -1.43. The Morgan fingerprint density at radius 1 is 1.04 bits per heavy atom. The van der Waals surface area contributed by atoms with E-state index in [1.807, 2.05) is 87.6 Å². The van der Waals surface area contributed by atoms with Crippen LogP contribution in [0.15, 0.2) is 36.2 Å². The lowest BCUT2D eigenvalue weighted by atomic mass is 9.68. The Bertz CT molecular complexity index is 1810. The molecule has 0 amide bonds. The maximum absolute atomic E-state index is 14.8. The molecule has 4 rings (SSSR count). The number of halogens is 1. The number of hydrogen-bond acceptors (Lipinski definition) is 14. The number of ether oxygens (including phenoxy) is 5. The number of rotatable bonds is 17. The monoisotopic (exact) mass is 1020 g/mol. The summed E-state index contributed by atoms with van der Waals surface area (Å²) < 4.78 is 47.6. The van der Waals surface area contributed by atoms with Crippen LogP contribution in [0.5, 0.6) is 0 Å². The molecule has 1 aromatic carbocycles. The fourth-order valence-electron chi connectivity index (χ4n) is 12.1. The Hall–Kier alpha value is -2.09. The molecule has 16 heteroatoms. The number of hydrogen-bond donors (Lipinski definition) is 5. The standard InChI is InChI=1S/C55H98FN5O9S/c1-18-46-53(9,10)49(62)38(7)60(14)31-33(2)27-54(11,65)51(36(5)48(37(6)52(64)69-46)45-28-55(12,66-16)50(63)39(8)68-45)70-47-26-43(25-34(3)67-47)59(13)24-23-42(61(15)57)30-58-44(29-56)35(4)41-21-19-40(20-22-41)32-71-17/h19-22,30,33-39,43-51,58,62-63,65H,18,23-29,31-32,57H2,1-17H3/p+1/b42-30-/t33-,34-,35-,36+,37-,38-,39+,43+,44-,45?,46-,47+,48+,49-,50+,51-,54-,55-/m1/s1. The predicted octanol–water partition coefficient (Wildman–Crippen LogP) is 6.76. The van der Waals surface area contributed by atoms with Crippen LogP contribution in [0.3, 0.4) is 0 Å². The van der Waals surface area contributed by atoms with Crippen molar-refractivity contribution in [2.24, 2.45) is 29.1 Å². The molecule has 3 fully saturated rings. The van der Waals surface area contributed by atoms with E-state index in [1.54, 1.807) is 18.9 Å². The Labute approximate surface area is 432 Å². The van der Waals surface area contributed by atoms with E-state index in [9.17, 15) is 24.5 Å². The highest BCUT2D eigenvalue weighted by atomic mass is 32.2. The first-order valence-corrected chi connectivity index (χ1v) is 27.9. The molecule has 18 atom stereocenters. The summed E-state index contributed by atoms with van der Waals surface area (Å²) in [6.45, 7) is 24.3. The van der Waals surface area contributed by atoms with Gasteiger partial charge in [-0.1, -0.05) is 72.7 Å². The summed E-state index contributed by atoms with van der Waals surface area (Å²) in [5.41, 5.74) is 0.0915. The molecule has 0 saturated carbocycles. The van der Waals surface area contributed by atoms with E-state index >= 15 is 0 Å². The zero-order chi connectivity index (χ0) is 53.3. The topological polar surface area (TPSA) is 173 Å². The van der Waals surface area contributed by atoms with Gasteiger partial charge in [0.2, 0.25) is 0 Å². The summed E-state index contributed by atoms with van der Waals surface area (Å²) in [6.07, 6.45) is 1.85. The zero-order valence-corrected chi connectivity index (χ0v) is 47.6. The highest BCUT2D eigenvalue weighted by Crippen LogP contribution is 2.45. The smallest absolute Gasteiger partial charge is 0.309 e. The van der Waals surface area contributed by atoms with Crippen LogP contribution in [-0.4, -0.2) is 169 Å². The number of quaternary nitrogens is 1. The first-order valence-electron chi connectivity index (χ1n) is 26.5. The number of likely N-dealkylation sites (N-methyl/N-ethyl adjacent to an activating group) is 1. The normalized spacial score (nSPS) is 38.2. The SMILES string of the molecule is CC[C@H]1OC(=O)[C@H](C)[C@@H](C2C[C@@](C)(OC)[C@@H](O)[C@H](C)O2)[C@H](C)[C@@H](O[C@H]2C[C@@H](N(C)CC/C(=C/N[C@H](CF)[C@H](C)c3ccc(CSC)cc3)N(C)[NH3+])C[C@@H](C)O2)[C@](C)(O)C[C@@H](C)CN(C)[C@H](C)[C@@H](O)C1(C)C. The van der Waals surface area contributed by atoms with Crippen molar-refractivity contribution in [3.63, 3.8) is 0 Å². The van der Waals surface area contributed by atoms with E-state index in [0.29, 0.717) is 38.8 Å². The average molecular weight is 1030 g/mol. The molecule has 14 nitrogen and oxygen atoms in total. The van der Waals surface area contributed by atoms with Crippen LogP contribution >= 0.6 is 11.8 Å². The van der Waals surface area contributed by atoms with Crippen LogP contribution in [-0.2, 0) is 34.2 Å². The lowest BCUT2D eigenvalue weighted by molar-refractivity contribution is -0.553. The highest BCUT2D eigenvalue weighted by Gasteiger charge is 2.54. The summed E-state index contributed by atoms with van der Waals surface area (Å²) in [4.78, 5) is 19.2. The van der Waals surface area contributed by atoms with Crippen LogP contribution in [0.4, 0.5) is 4.39 Å². The highest BCUT2D eigenvalue weighted by molar-refractivity contribution is 7.97. The zero-order valence-electron chi connectivity index (χ0n) is 46.8. The van der Waals surface area contributed by atoms with Crippen LogP contribution < -0.4 is 11.2 Å². The van der Waals surface area contributed by atoms with Crippen molar-refractivity contribution in [3.05, 3.63) is 47.3 Å². The molecule has 0 aliphatic carbocycles. The number of nitrogens with zero attached hydrogens (tertiary/aromatic N) is 3. The van der Waals surface area contributed by atoms with Crippen molar-refractivity contribution in [1.82, 2.24) is 20.1 Å². The Morgan fingerprint density at radius 2 is 1.69 bits per heavy atom. The third-order valence-electron chi connectivity index (χ3n) is 17.0. The van der Waals surface area contributed by atoms with Crippen LogP contribution in [0.1, 0.15) is 139 Å². The summed E-state index contributed by atoms with van der Waals surface area (Å²) in [5, 5.41) is 41.5. The largest absolute Gasteiger partial charge is 0.461 e. The third kappa shape index (κ3) is 15.5. The number of aliphatic hydroxyl groups excluding tert-OH is 2. The molecular formula is C55H99FN5O9S+. The fraction of sp³-hybridized carbons (Fsp3) is 0.836. The van der Waals surface area contributed by atoms with E-state index in [0.717, 1.165) is 23.4 Å². The Morgan fingerprint density at radius 3 is 2.27 bits per heavy atom. The predicted molar refractivity (Wildman–Crippen MR) is 282 cm³/mol. The average Bonchev–Trinajstić information content (AvgIpc) is 3.31. The molecule has 0 bridgehead atoms. The first kappa shape index (κ1) is 61.5. The second-order valence-electron chi connectivity index (χ2n) is 23.2. The number of esters is 1. The molecular weight excluding hydrogens is 926 g/mol. The van der Waals surface area contributed by atoms with Crippen molar-refractivity contribution >= 4 is 17.7 Å². The number of cyclic esters (lactones) is 1. The quantitative estimate of drug-likeness (QED) is 0.0819. The van der Waals surface area contributed by atoms with Gasteiger partial charge in [-0.15, -0.1) is 0 Å². The minimum Gasteiger partial charge on any atom is -0.461 e. The molecule has 1 unspecified atom stereocenters. The molecule has 3 aliphatic heterocycles. The molecule has 0 spiro atoms. The molecule has 3 saturated heterocycles. The molecule has 1 aromatic rings. The molecule has 410 valence electrons.